The van der Waals surface area contributed by atoms with Gasteiger partial charge < -0.3 is 4.84 Å². The van der Waals surface area contributed by atoms with E-state index in [4.69, 9.17) is 5.90 Å². The number of nitro groups is 1. The van der Waals surface area contributed by atoms with Crippen molar-refractivity contribution >= 4 is 5.69 Å². The van der Waals surface area contributed by atoms with Crippen LogP contribution >= 0.6 is 0 Å². The molecule has 0 saturated carbocycles. The second kappa shape index (κ2) is 3.79. The molecule has 0 aromatic carbocycles. The Morgan fingerprint density at radius 3 is 3.17 bits per heavy atom. The quantitative estimate of drug-likeness (QED) is 0.481. The van der Waals surface area contributed by atoms with Crippen molar-refractivity contribution in [3.63, 3.8) is 0 Å². The van der Waals surface area contributed by atoms with Gasteiger partial charge in [-0.15, -0.1) is 0 Å². The van der Waals surface area contributed by atoms with Gasteiger partial charge in [0.1, 0.15) is 11.9 Å². The van der Waals surface area contributed by atoms with Gasteiger partial charge in [0.05, 0.1) is 11.5 Å². The summed E-state index contributed by atoms with van der Waals surface area (Å²) in [6, 6.07) is 0. The summed E-state index contributed by atoms with van der Waals surface area (Å²) in [6.45, 7) is 0.225. The summed E-state index contributed by atoms with van der Waals surface area (Å²) in [5.41, 5.74) is 0.387. The van der Waals surface area contributed by atoms with Gasteiger partial charge in [-0.05, 0) is 0 Å². The van der Waals surface area contributed by atoms with Crippen molar-refractivity contribution in [3.8, 4) is 0 Å². The Morgan fingerprint density at radius 2 is 2.58 bits per heavy atom. The van der Waals surface area contributed by atoms with Gasteiger partial charge in [0.2, 0.25) is 0 Å². The molecule has 0 amide bonds. The Balaban J connectivity index is 2.70. The molecule has 0 spiro atoms. The SMILES string of the molecule is NOCCc1[nH]ncc1[N+](=O)[O-]. The van der Waals surface area contributed by atoms with Crippen molar-refractivity contribution in [3.05, 3.63) is 22.0 Å². The first-order valence-corrected chi connectivity index (χ1v) is 3.24. The van der Waals surface area contributed by atoms with E-state index in [1.165, 1.54) is 0 Å². The molecule has 0 aliphatic carbocycles. The molecule has 7 heteroatoms. The molecule has 1 heterocycles. The van der Waals surface area contributed by atoms with E-state index in [0.29, 0.717) is 12.1 Å². The van der Waals surface area contributed by atoms with Crippen LogP contribution in [-0.4, -0.2) is 21.7 Å². The summed E-state index contributed by atoms with van der Waals surface area (Å²) in [4.78, 5) is 14.1. The molecule has 0 fully saturated rings. The Morgan fingerprint density at radius 1 is 1.83 bits per heavy atom. The van der Waals surface area contributed by atoms with E-state index in [2.05, 4.69) is 15.0 Å². The van der Waals surface area contributed by atoms with Gasteiger partial charge in [-0.2, -0.15) is 5.10 Å². The van der Waals surface area contributed by atoms with E-state index < -0.39 is 4.92 Å². The zero-order chi connectivity index (χ0) is 8.97. The van der Waals surface area contributed by atoms with Gasteiger partial charge in [-0.1, -0.05) is 0 Å². The zero-order valence-corrected chi connectivity index (χ0v) is 6.19. The van der Waals surface area contributed by atoms with E-state index in [-0.39, 0.29) is 12.3 Å². The minimum atomic E-state index is -0.505. The summed E-state index contributed by atoms with van der Waals surface area (Å²) in [5, 5.41) is 16.3. The van der Waals surface area contributed by atoms with E-state index in [0.717, 1.165) is 6.20 Å². The lowest BCUT2D eigenvalue weighted by Gasteiger charge is -1.94. The van der Waals surface area contributed by atoms with Gasteiger partial charge in [-0.25, -0.2) is 5.90 Å². The van der Waals surface area contributed by atoms with Crippen LogP contribution < -0.4 is 5.90 Å². The molecular weight excluding hydrogens is 164 g/mol. The largest absolute Gasteiger partial charge is 0.309 e. The summed E-state index contributed by atoms with van der Waals surface area (Å²) < 4.78 is 0. The lowest BCUT2D eigenvalue weighted by molar-refractivity contribution is -0.385. The highest BCUT2D eigenvalue weighted by molar-refractivity contribution is 5.31. The van der Waals surface area contributed by atoms with Gasteiger partial charge in [0.25, 0.3) is 0 Å². The molecule has 0 aliphatic rings. The molecule has 0 radical (unpaired) electrons. The van der Waals surface area contributed by atoms with Crippen molar-refractivity contribution in [1.82, 2.24) is 10.2 Å². The summed E-state index contributed by atoms with van der Waals surface area (Å²) in [7, 11) is 0. The van der Waals surface area contributed by atoms with Gasteiger partial charge in [0.15, 0.2) is 0 Å². The molecule has 0 bridgehead atoms. The number of rotatable bonds is 4. The molecule has 3 N–H and O–H groups in total. The molecule has 0 atom stereocenters. The first-order chi connectivity index (χ1) is 5.75. The highest BCUT2D eigenvalue weighted by Crippen LogP contribution is 2.14. The van der Waals surface area contributed by atoms with Crippen LogP contribution in [0.3, 0.4) is 0 Å². The van der Waals surface area contributed by atoms with Crippen LogP contribution in [0.4, 0.5) is 5.69 Å². The third-order valence-electron chi connectivity index (χ3n) is 1.36. The van der Waals surface area contributed by atoms with Crippen LogP contribution in [0.15, 0.2) is 6.20 Å². The number of aromatic nitrogens is 2. The van der Waals surface area contributed by atoms with E-state index in [1.807, 2.05) is 0 Å². The lowest BCUT2D eigenvalue weighted by atomic mass is 10.3. The standard InChI is InChI=1S/C5H8N4O3/c6-12-2-1-4-5(9(10)11)3-7-8-4/h3H,1-2,6H2,(H,7,8). The zero-order valence-electron chi connectivity index (χ0n) is 6.19. The van der Waals surface area contributed by atoms with E-state index in [9.17, 15) is 10.1 Å². The number of aromatic amines is 1. The first-order valence-electron chi connectivity index (χ1n) is 3.24. The topological polar surface area (TPSA) is 107 Å². The monoisotopic (exact) mass is 172 g/mol. The number of nitrogens with one attached hydrogen (secondary N) is 1. The molecule has 1 rings (SSSR count). The maximum absolute atomic E-state index is 10.3. The molecule has 0 aliphatic heterocycles. The molecule has 0 unspecified atom stereocenters. The fraction of sp³-hybridized carbons (Fsp3) is 0.400. The predicted molar refractivity (Wildman–Crippen MR) is 39.1 cm³/mol. The summed E-state index contributed by atoms with van der Waals surface area (Å²) in [5.74, 6) is 4.77. The lowest BCUT2D eigenvalue weighted by Crippen LogP contribution is -2.05. The van der Waals surface area contributed by atoms with Gasteiger partial charge >= 0.3 is 5.69 Å². The molecule has 7 nitrogen and oxygen atoms in total. The normalized spacial score (nSPS) is 10.1. The van der Waals surface area contributed by atoms with Crippen LogP contribution in [0.25, 0.3) is 0 Å². The second-order valence-corrected chi connectivity index (χ2v) is 2.11. The van der Waals surface area contributed by atoms with Gasteiger partial charge in [0, 0.05) is 6.42 Å². The number of H-pyrrole nitrogens is 1. The molecule has 1 aromatic heterocycles. The molecule has 12 heavy (non-hydrogen) atoms. The van der Waals surface area contributed by atoms with Gasteiger partial charge in [-0.3, -0.25) is 15.2 Å². The Labute approximate surface area is 67.6 Å². The summed E-state index contributed by atoms with van der Waals surface area (Å²) >= 11 is 0. The maximum atomic E-state index is 10.3. The minimum absolute atomic E-state index is 0.0351. The average Bonchev–Trinajstić information content (AvgIpc) is 2.48. The van der Waals surface area contributed by atoms with Crippen molar-refractivity contribution in [2.45, 2.75) is 6.42 Å². The van der Waals surface area contributed by atoms with Crippen LogP contribution in [0.2, 0.25) is 0 Å². The fourth-order valence-corrected chi connectivity index (χ4v) is 0.809. The Hall–Kier alpha value is -1.47. The first kappa shape index (κ1) is 8.62. The Kier molecular flexibility index (Phi) is 2.72. The minimum Gasteiger partial charge on any atom is -0.304 e. The third kappa shape index (κ3) is 1.77. The molecule has 0 saturated heterocycles. The summed E-state index contributed by atoms with van der Waals surface area (Å²) in [6.07, 6.45) is 1.51. The molecule has 66 valence electrons. The molecular formula is C5H8N4O3. The maximum Gasteiger partial charge on any atom is 0.309 e. The molecule has 1 aromatic rings. The number of nitrogens with zero attached hydrogens (tertiary/aromatic N) is 2. The smallest absolute Gasteiger partial charge is 0.304 e. The fourth-order valence-electron chi connectivity index (χ4n) is 0.809. The highest BCUT2D eigenvalue weighted by atomic mass is 16.6. The number of hydrogen-bond donors (Lipinski definition) is 2. The number of hydrogen-bond acceptors (Lipinski definition) is 5. The van der Waals surface area contributed by atoms with Crippen LogP contribution in [0.1, 0.15) is 5.69 Å². The highest BCUT2D eigenvalue weighted by Gasteiger charge is 2.14. The van der Waals surface area contributed by atoms with Crippen LogP contribution in [-0.2, 0) is 11.3 Å². The van der Waals surface area contributed by atoms with Crippen molar-refractivity contribution in [2.24, 2.45) is 5.90 Å². The van der Waals surface area contributed by atoms with E-state index in [1.54, 1.807) is 0 Å². The average molecular weight is 172 g/mol. The van der Waals surface area contributed by atoms with Crippen LogP contribution in [0.5, 0.6) is 0 Å². The van der Waals surface area contributed by atoms with E-state index >= 15 is 0 Å². The predicted octanol–water partition coefficient (Wildman–Crippen LogP) is -0.249. The van der Waals surface area contributed by atoms with Crippen LogP contribution in [0, 0.1) is 10.1 Å². The third-order valence-corrected chi connectivity index (χ3v) is 1.36. The Bertz CT molecular complexity index is 271. The number of nitrogens with two attached hydrogens (primary N) is 1. The second-order valence-electron chi connectivity index (χ2n) is 2.11. The van der Waals surface area contributed by atoms with Crippen molar-refractivity contribution < 1.29 is 9.76 Å². The van der Waals surface area contributed by atoms with Crippen molar-refractivity contribution in [1.29, 1.82) is 0 Å². The van der Waals surface area contributed by atoms with Crippen molar-refractivity contribution in [2.75, 3.05) is 6.61 Å².